The fourth-order valence-corrected chi connectivity index (χ4v) is 5.33. The zero-order valence-corrected chi connectivity index (χ0v) is 21.4. The van der Waals surface area contributed by atoms with Crippen LogP contribution in [0.4, 0.5) is 11.6 Å². The highest BCUT2D eigenvalue weighted by Gasteiger charge is 2.26. The first-order chi connectivity index (χ1) is 17.4. The van der Waals surface area contributed by atoms with Gasteiger partial charge >= 0.3 is 0 Å². The summed E-state index contributed by atoms with van der Waals surface area (Å²) < 4.78 is 0. The van der Waals surface area contributed by atoms with Crippen LogP contribution in [0, 0.1) is 6.92 Å². The number of aryl methyl sites for hydroxylation is 1. The lowest BCUT2D eigenvalue weighted by Crippen LogP contribution is -2.49. The van der Waals surface area contributed by atoms with Crippen molar-refractivity contribution in [3.63, 3.8) is 0 Å². The van der Waals surface area contributed by atoms with Crippen molar-refractivity contribution in [2.75, 3.05) is 25.0 Å². The molecule has 2 aromatic carbocycles. The molecule has 0 bridgehead atoms. The van der Waals surface area contributed by atoms with Crippen molar-refractivity contribution < 1.29 is 5.21 Å². The van der Waals surface area contributed by atoms with Gasteiger partial charge in [-0.05, 0) is 67.5 Å². The fraction of sp³-hybridized carbons (Fsp3) is 0.357. The maximum absolute atomic E-state index is 9.95. The number of nitrogens with zero attached hydrogens (tertiary/aromatic N) is 4. The van der Waals surface area contributed by atoms with E-state index in [0.29, 0.717) is 29.1 Å². The minimum absolute atomic E-state index is 0.136. The van der Waals surface area contributed by atoms with Crippen LogP contribution in [0.1, 0.15) is 42.4 Å². The molecule has 0 unspecified atom stereocenters. The highest BCUT2D eigenvalue weighted by atomic mass is 35.5. The Bertz CT molecular complexity index is 1410. The average Bonchev–Trinajstić information content (AvgIpc) is 3.63. The van der Waals surface area contributed by atoms with Gasteiger partial charge in [0.25, 0.3) is 0 Å². The Morgan fingerprint density at radius 1 is 1.17 bits per heavy atom. The van der Waals surface area contributed by atoms with E-state index >= 15 is 0 Å². The Labute approximate surface area is 216 Å². The normalized spacial score (nSPS) is 19.2. The molecule has 0 radical (unpaired) electrons. The van der Waals surface area contributed by atoms with Crippen LogP contribution in [0.15, 0.2) is 48.8 Å². The van der Waals surface area contributed by atoms with E-state index < -0.39 is 0 Å². The summed E-state index contributed by atoms with van der Waals surface area (Å²) in [6, 6.07) is 13.2. The highest BCUT2D eigenvalue weighted by Crippen LogP contribution is 2.42. The molecular weight excluding hydrogens is 472 g/mol. The summed E-state index contributed by atoms with van der Waals surface area (Å²) in [4.78, 5) is 15.0. The molecule has 186 valence electrons. The molecule has 3 heterocycles. The number of hydroxylamine groups is 2. The minimum atomic E-state index is 0.136. The lowest BCUT2D eigenvalue weighted by Gasteiger charge is -2.36. The van der Waals surface area contributed by atoms with Crippen LogP contribution >= 0.6 is 11.6 Å². The van der Waals surface area contributed by atoms with Crippen LogP contribution in [-0.2, 0) is 6.54 Å². The Hall–Kier alpha value is -2.97. The lowest BCUT2D eigenvalue weighted by molar-refractivity contribution is -0.151. The molecule has 1 atom stereocenters. The van der Waals surface area contributed by atoms with E-state index in [1.165, 1.54) is 34.6 Å². The number of anilines is 2. The maximum atomic E-state index is 9.95. The van der Waals surface area contributed by atoms with Crippen molar-refractivity contribution in [1.29, 1.82) is 0 Å². The van der Waals surface area contributed by atoms with Crippen molar-refractivity contribution in [3.8, 4) is 11.3 Å². The second kappa shape index (κ2) is 9.48. The maximum Gasteiger partial charge on any atom is 0.227 e. The van der Waals surface area contributed by atoms with Crippen molar-refractivity contribution in [1.82, 2.24) is 24.9 Å². The molecule has 0 spiro atoms. The number of hydrogen-bond donors (Lipinski definition) is 3. The summed E-state index contributed by atoms with van der Waals surface area (Å²) in [5, 5.41) is 16.4. The molecule has 3 N–H and O–H groups in total. The number of benzene rings is 2. The van der Waals surface area contributed by atoms with Gasteiger partial charge in [0.2, 0.25) is 5.95 Å². The van der Waals surface area contributed by atoms with Crippen molar-refractivity contribution in [2.45, 2.75) is 45.2 Å². The Balaban J connectivity index is 1.28. The number of halogens is 1. The third kappa shape index (κ3) is 4.84. The lowest BCUT2D eigenvalue weighted by atomic mass is 10.0. The largest absolute Gasteiger partial charge is 0.360 e. The number of hydrogen-bond acceptors (Lipinski definition) is 6. The van der Waals surface area contributed by atoms with Gasteiger partial charge in [-0.2, -0.15) is 5.06 Å². The first-order valence-corrected chi connectivity index (χ1v) is 13.0. The molecule has 2 aromatic heterocycles. The summed E-state index contributed by atoms with van der Waals surface area (Å²) in [5.74, 6) is 1.16. The van der Waals surface area contributed by atoms with Gasteiger partial charge in [0.05, 0.1) is 16.9 Å². The molecule has 1 aliphatic heterocycles. The van der Waals surface area contributed by atoms with Crippen LogP contribution in [-0.4, -0.2) is 55.8 Å². The van der Waals surface area contributed by atoms with Gasteiger partial charge in [0.15, 0.2) is 0 Å². The Morgan fingerprint density at radius 2 is 2.03 bits per heavy atom. The molecule has 36 heavy (non-hydrogen) atoms. The van der Waals surface area contributed by atoms with Gasteiger partial charge in [-0.25, -0.2) is 9.97 Å². The number of fused-ring (bicyclic) bond motifs is 1. The minimum Gasteiger partial charge on any atom is -0.360 e. The van der Waals surface area contributed by atoms with E-state index in [2.05, 4.69) is 70.4 Å². The molecule has 1 saturated heterocycles. The third-order valence-electron chi connectivity index (χ3n) is 7.24. The molecule has 8 heteroatoms. The first-order valence-electron chi connectivity index (χ1n) is 12.6. The summed E-state index contributed by atoms with van der Waals surface area (Å²) >= 11 is 6.56. The molecule has 4 aromatic rings. The SMILES string of the molecule is Cc1ccc2c(-c3nc(Nc4cc(CN5CCN(O)[C@H](C)C5)cc(C5CC5)c4)ncc3Cl)c[nH]c2c1. The quantitative estimate of drug-likeness (QED) is 0.295. The predicted molar refractivity (Wildman–Crippen MR) is 144 cm³/mol. The van der Waals surface area contributed by atoms with Crippen LogP contribution < -0.4 is 5.32 Å². The van der Waals surface area contributed by atoms with Gasteiger partial charge in [-0.15, -0.1) is 0 Å². The van der Waals surface area contributed by atoms with Crippen molar-refractivity contribution in [2.24, 2.45) is 0 Å². The predicted octanol–water partition coefficient (Wildman–Crippen LogP) is 6.10. The number of rotatable bonds is 6. The van der Waals surface area contributed by atoms with Gasteiger partial charge in [-0.1, -0.05) is 29.8 Å². The van der Waals surface area contributed by atoms with Crippen molar-refractivity contribution in [3.05, 3.63) is 70.5 Å². The molecular formula is C28H31ClN6O. The van der Waals surface area contributed by atoms with Gasteiger partial charge in [-0.3, -0.25) is 4.90 Å². The number of aromatic amines is 1. The molecule has 1 aliphatic carbocycles. The topological polar surface area (TPSA) is 80.3 Å². The van der Waals surface area contributed by atoms with E-state index in [-0.39, 0.29) is 6.04 Å². The highest BCUT2D eigenvalue weighted by molar-refractivity contribution is 6.33. The summed E-state index contributed by atoms with van der Waals surface area (Å²) in [5.41, 5.74) is 7.56. The van der Waals surface area contributed by atoms with E-state index in [9.17, 15) is 5.21 Å². The van der Waals surface area contributed by atoms with E-state index in [4.69, 9.17) is 16.6 Å². The number of nitrogens with one attached hydrogen (secondary N) is 2. The molecule has 6 rings (SSSR count). The summed E-state index contributed by atoms with van der Waals surface area (Å²) in [6.45, 7) is 7.37. The molecule has 2 fully saturated rings. The smallest absolute Gasteiger partial charge is 0.227 e. The van der Waals surface area contributed by atoms with Crippen LogP contribution in [0.25, 0.3) is 22.2 Å². The van der Waals surface area contributed by atoms with E-state index in [1.54, 1.807) is 6.20 Å². The van der Waals surface area contributed by atoms with Gasteiger partial charge < -0.3 is 15.5 Å². The zero-order valence-electron chi connectivity index (χ0n) is 20.6. The third-order valence-corrected chi connectivity index (χ3v) is 7.52. The van der Waals surface area contributed by atoms with E-state index in [0.717, 1.165) is 41.8 Å². The monoisotopic (exact) mass is 502 g/mol. The summed E-state index contributed by atoms with van der Waals surface area (Å²) in [6.07, 6.45) is 6.11. The number of H-pyrrole nitrogens is 1. The van der Waals surface area contributed by atoms with Crippen molar-refractivity contribution >= 4 is 34.1 Å². The Morgan fingerprint density at radius 3 is 2.83 bits per heavy atom. The van der Waals surface area contributed by atoms with Crippen LogP contribution in [0.2, 0.25) is 5.02 Å². The molecule has 7 nitrogen and oxygen atoms in total. The van der Waals surface area contributed by atoms with Crippen LogP contribution in [0.5, 0.6) is 0 Å². The number of piperazine rings is 1. The van der Waals surface area contributed by atoms with Gasteiger partial charge in [0.1, 0.15) is 0 Å². The zero-order chi connectivity index (χ0) is 24.8. The average molecular weight is 503 g/mol. The van der Waals surface area contributed by atoms with Gasteiger partial charge in [0, 0.05) is 60.6 Å². The first kappa shape index (κ1) is 23.4. The second-order valence-corrected chi connectivity index (χ2v) is 10.7. The molecule has 2 aliphatic rings. The Kier molecular flexibility index (Phi) is 6.17. The van der Waals surface area contributed by atoms with Crippen LogP contribution in [0.3, 0.4) is 0 Å². The standard InChI is InChI=1S/C28H31ClN6O/c1-17-3-6-23-24(13-30-26(23)9-17)27-25(29)14-31-28(33-27)32-22-11-19(10-21(12-22)20-4-5-20)16-34-7-8-35(36)18(2)15-34/h3,6,9-14,18,20,30,36H,4-5,7-8,15-16H2,1-2H3,(H,31,32,33)/t18-/m1/s1. The second-order valence-electron chi connectivity index (χ2n) is 10.3. The van der Waals surface area contributed by atoms with E-state index in [1.807, 2.05) is 6.20 Å². The molecule has 0 amide bonds. The fourth-order valence-electron chi connectivity index (χ4n) is 5.14. The number of aromatic nitrogens is 3. The molecule has 1 saturated carbocycles. The summed E-state index contributed by atoms with van der Waals surface area (Å²) in [7, 11) is 0.